The van der Waals surface area contributed by atoms with Gasteiger partial charge in [-0.05, 0) is 33.1 Å². The molecule has 2 amide bonds. The van der Waals surface area contributed by atoms with Crippen molar-refractivity contribution in [3.8, 4) is 0 Å². The van der Waals surface area contributed by atoms with E-state index < -0.39 is 17.9 Å². The van der Waals surface area contributed by atoms with Gasteiger partial charge in [0.25, 0.3) is 0 Å². The van der Waals surface area contributed by atoms with E-state index >= 15 is 0 Å². The number of unbranched alkanes of at least 4 members (excludes halogenated alkanes) is 1. The van der Waals surface area contributed by atoms with Gasteiger partial charge in [-0.25, -0.2) is 4.79 Å². The normalized spacial score (nSPS) is 11.4. The fourth-order valence-corrected chi connectivity index (χ4v) is 1.72. The molecule has 0 saturated carbocycles. The molecule has 8 heteroatoms. The third-order valence-corrected chi connectivity index (χ3v) is 2.69. The molecular formula is C14H22N2O6. The highest BCUT2D eigenvalue weighted by atomic mass is 16.4. The van der Waals surface area contributed by atoms with E-state index in [9.17, 15) is 24.0 Å². The Morgan fingerprint density at radius 3 is 1.95 bits per heavy atom. The van der Waals surface area contributed by atoms with Gasteiger partial charge in [-0.2, -0.15) is 0 Å². The summed E-state index contributed by atoms with van der Waals surface area (Å²) in [6, 6.07) is -1.06. The average Bonchev–Trinajstić information content (AvgIpc) is 2.34. The lowest BCUT2D eigenvalue weighted by molar-refractivity contribution is -0.142. The lowest BCUT2D eigenvalue weighted by Gasteiger charge is -2.14. The lowest BCUT2D eigenvalue weighted by atomic mass is 10.1. The van der Waals surface area contributed by atoms with E-state index in [1.54, 1.807) is 0 Å². The van der Waals surface area contributed by atoms with E-state index in [0.717, 1.165) is 0 Å². The number of hydrogen-bond acceptors (Lipinski definition) is 5. The van der Waals surface area contributed by atoms with Gasteiger partial charge in [0.05, 0.1) is 12.8 Å². The minimum atomic E-state index is -1.17. The molecule has 0 radical (unpaired) electrons. The molecule has 0 aliphatic carbocycles. The summed E-state index contributed by atoms with van der Waals surface area (Å²) in [6.07, 6.45) is 0.680. The number of carboxylic acid groups (broad SMARTS) is 1. The molecule has 0 aromatic rings. The van der Waals surface area contributed by atoms with Gasteiger partial charge in [0.15, 0.2) is 0 Å². The van der Waals surface area contributed by atoms with Gasteiger partial charge < -0.3 is 15.7 Å². The van der Waals surface area contributed by atoms with E-state index in [1.807, 2.05) is 0 Å². The molecule has 8 nitrogen and oxygen atoms in total. The van der Waals surface area contributed by atoms with Crippen LogP contribution in [-0.4, -0.2) is 47.0 Å². The second-order valence-corrected chi connectivity index (χ2v) is 5.06. The van der Waals surface area contributed by atoms with Crippen LogP contribution in [-0.2, 0) is 24.0 Å². The monoisotopic (exact) mass is 314 g/mol. The summed E-state index contributed by atoms with van der Waals surface area (Å²) >= 11 is 0. The van der Waals surface area contributed by atoms with Crippen LogP contribution >= 0.6 is 0 Å². The fourth-order valence-electron chi connectivity index (χ4n) is 1.72. The highest BCUT2D eigenvalue weighted by Gasteiger charge is 2.19. The molecule has 22 heavy (non-hydrogen) atoms. The van der Waals surface area contributed by atoms with E-state index in [1.165, 1.54) is 13.8 Å². The van der Waals surface area contributed by atoms with Crippen molar-refractivity contribution in [1.82, 2.24) is 10.6 Å². The molecule has 0 rings (SSSR count). The Morgan fingerprint density at radius 1 is 0.909 bits per heavy atom. The SMILES string of the molecule is CC(=O)CC(=O)NCCCCC(NC(=O)CC(C)=O)C(=O)O. The zero-order chi connectivity index (χ0) is 17.1. The minimum Gasteiger partial charge on any atom is -0.480 e. The van der Waals surface area contributed by atoms with Crippen molar-refractivity contribution >= 4 is 29.4 Å². The summed E-state index contributed by atoms with van der Waals surface area (Å²) in [5.41, 5.74) is 0. The topological polar surface area (TPSA) is 130 Å². The molecule has 0 aliphatic heterocycles. The molecule has 0 bridgehead atoms. The van der Waals surface area contributed by atoms with Crippen molar-refractivity contribution in [2.75, 3.05) is 6.54 Å². The van der Waals surface area contributed by atoms with Crippen molar-refractivity contribution in [1.29, 1.82) is 0 Å². The number of carbonyl (C=O) groups is 5. The van der Waals surface area contributed by atoms with E-state index in [2.05, 4.69) is 10.6 Å². The minimum absolute atomic E-state index is 0.168. The Balaban J connectivity index is 3.99. The number of amides is 2. The summed E-state index contributed by atoms with van der Waals surface area (Å²) in [7, 11) is 0. The van der Waals surface area contributed by atoms with Crippen molar-refractivity contribution in [3.05, 3.63) is 0 Å². The number of nitrogens with one attached hydrogen (secondary N) is 2. The number of carbonyl (C=O) groups excluding carboxylic acids is 4. The van der Waals surface area contributed by atoms with Gasteiger partial charge >= 0.3 is 5.97 Å². The number of ketones is 2. The van der Waals surface area contributed by atoms with Gasteiger partial charge in [-0.15, -0.1) is 0 Å². The van der Waals surface area contributed by atoms with Crippen LogP contribution in [0.2, 0.25) is 0 Å². The Morgan fingerprint density at radius 2 is 1.45 bits per heavy atom. The maximum atomic E-state index is 11.4. The highest BCUT2D eigenvalue weighted by molar-refractivity contribution is 5.98. The first-order valence-corrected chi connectivity index (χ1v) is 7.00. The maximum absolute atomic E-state index is 11.4. The van der Waals surface area contributed by atoms with Crippen LogP contribution in [0, 0.1) is 0 Å². The van der Waals surface area contributed by atoms with Crippen LogP contribution in [0.1, 0.15) is 46.0 Å². The van der Waals surface area contributed by atoms with Crippen LogP contribution < -0.4 is 10.6 Å². The van der Waals surface area contributed by atoms with Crippen molar-refractivity contribution in [3.63, 3.8) is 0 Å². The van der Waals surface area contributed by atoms with Gasteiger partial charge in [-0.1, -0.05) is 0 Å². The zero-order valence-electron chi connectivity index (χ0n) is 12.8. The number of hydrogen-bond donors (Lipinski definition) is 3. The first kappa shape index (κ1) is 19.8. The molecule has 0 heterocycles. The van der Waals surface area contributed by atoms with Crippen LogP contribution in [0.4, 0.5) is 0 Å². The zero-order valence-corrected chi connectivity index (χ0v) is 12.8. The van der Waals surface area contributed by atoms with Gasteiger partial charge in [0.2, 0.25) is 11.8 Å². The van der Waals surface area contributed by atoms with Gasteiger partial charge in [0.1, 0.15) is 17.6 Å². The quantitative estimate of drug-likeness (QED) is 0.358. The third kappa shape index (κ3) is 10.5. The predicted octanol–water partition coefficient (Wildman–Crippen LogP) is -0.199. The lowest BCUT2D eigenvalue weighted by Crippen LogP contribution is -2.41. The molecule has 0 aromatic heterocycles. The molecule has 0 aliphatic rings. The smallest absolute Gasteiger partial charge is 0.326 e. The van der Waals surface area contributed by atoms with Crippen molar-refractivity contribution in [2.24, 2.45) is 0 Å². The fraction of sp³-hybridized carbons (Fsp3) is 0.643. The number of aliphatic carboxylic acids is 1. The number of rotatable bonds is 11. The molecule has 1 atom stereocenters. The largest absolute Gasteiger partial charge is 0.480 e. The first-order valence-electron chi connectivity index (χ1n) is 7.00. The van der Waals surface area contributed by atoms with Crippen molar-refractivity contribution < 1.29 is 29.1 Å². The molecular weight excluding hydrogens is 292 g/mol. The molecule has 0 fully saturated rings. The van der Waals surface area contributed by atoms with Gasteiger partial charge in [0, 0.05) is 6.54 Å². The Hall–Kier alpha value is -2.25. The highest BCUT2D eigenvalue weighted by Crippen LogP contribution is 2.02. The Kier molecular flexibility index (Phi) is 9.40. The summed E-state index contributed by atoms with van der Waals surface area (Å²) in [6.45, 7) is 2.90. The predicted molar refractivity (Wildman–Crippen MR) is 77.0 cm³/mol. The molecule has 0 saturated heterocycles. The third-order valence-electron chi connectivity index (χ3n) is 2.69. The molecule has 124 valence electrons. The van der Waals surface area contributed by atoms with Crippen LogP contribution in [0.25, 0.3) is 0 Å². The molecule has 3 N–H and O–H groups in total. The number of carboxylic acids is 1. The second kappa shape index (κ2) is 10.5. The number of Topliss-reactive ketones (excluding diaryl/α,β-unsaturated/α-hetero) is 2. The van der Waals surface area contributed by atoms with E-state index in [-0.39, 0.29) is 36.7 Å². The Labute approximate surface area is 128 Å². The average molecular weight is 314 g/mol. The van der Waals surface area contributed by atoms with Crippen LogP contribution in [0.15, 0.2) is 0 Å². The second-order valence-electron chi connectivity index (χ2n) is 5.06. The molecule has 0 aromatic carbocycles. The van der Waals surface area contributed by atoms with E-state index in [4.69, 9.17) is 5.11 Å². The summed E-state index contributed by atoms with van der Waals surface area (Å²) in [5, 5.41) is 13.8. The molecule has 0 spiro atoms. The van der Waals surface area contributed by atoms with Gasteiger partial charge in [-0.3, -0.25) is 19.2 Å². The van der Waals surface area contributed by atoms with E-state index in [0.29, 0.717) is 19.4 Å². The van der Waals surface area contributed by atoms with Crippen LogP contribution in [0.5, 0.6) is 0 Å². The summed E-state index contributed by atoms with van der Waals surface area (Å²) in [4.78, 5) is 55.0. The molecule has 1 unspecified atom stereocenters. The van der Waals surface area contributed by atoms with Crippen LogP contribution in [0.3, 0.4) is 0 Å². The maximum Gasteiger partial charge on any atom is 0.326 e. The first-order chi connectivity index (χ1) is 10.2. The summed E-state index contributed by atoms with van der Waals surface area (Å²) < 4.78 is 0. The Bertz CT molecular complexity index is 447. The summed E-state index contributed by atoms with van der Waals surface area (Å²) in [5.74, 6) is -2.71. The standard InChI is InChI=1S/C14H22N2O6/c1-9(17)7-12(19)15-6-4-3-5-11(14(21)22)16-13(20)8-10(2)18/h11H,3-8H2,1-2H3,(H,15,19)(H,16,20)(H,21,22). The van der Waals surface area contributed by atoms with Crippen molar-refractivity contribution in [2.45, 2.75) is 52.0 Å².